The van der Waals surface area contributed by atoms with Crippen LogP contribution in [0.1, 0.15) is 25.5 Å². The normalized spacial score (nSPS) is 12.2. The fourth-order valence-corrected chi connectivity index (χ4v) is 2.17. The van der Waals surface area contributed by atoms with Gasteiger partial charge in [0.15, 0.2) is 0 Å². The lowest BCUT2D eigenvalue weighted by Crippen LogP contribution is -2.37. The zero-order valence-electron chi connectivity index (χ0n) is 12.5. The van der Waals surface area contributed by atoms with Crippen molar-refractivity contribution in [1.82, 2.24) is 15.1 Å². The first-order chi connectivity index (χ1) is 10.5. The lowest BCUT2D eigenvalue weighted by atomic mass is 9.96. The van der Waals surface area contributed by atoms with Crippen molar-refractivity contribution in [3.05, 3.63) is 64.3 Å². The lowest BCUT2D eigenvalue weighted by molar-refractivity contribution is -0.123. The molecule has 0 aliphatic rings. The molecule has 0 saturated heterocycles. The minimum atomic E-state index is -0.333. The second-order valence-corrected chi connectivity index (χ2v) is 5.36. The van der Waals surface area contributed by atoms with Gasteiger partial charge in [0.2, 0.25) is 5.91 Å². The number of carbonyl (C=O) groups is 1. The van der Waals surface area contributed by atoms with Gasteiger partial charge in [-0.25, -0.2) is 9.07 Å². The van der Waals surface area contributed by atoms with Crippen molar-refractivity contribution in [2.24, 2.45) is 5.92 Å². The minimum absolute atomic E-state index is 0.120. The molecule has 6 heteroatoms. The van der Waals surface area contributed by atoms with Gasteiger partial charge in [0, 0.05) is 12.3 Å². The van der Waals surface area contributed by atoms with E-state index in [1.807, 2.05) is 13.8 Å². The van der Waals surface area contributed by atoms with E-state index in [1.165, 1.54) is 30.5 Å². The molecule has 0 unspecified atom stereocenters. The van der Waals surface area contributed by atoms with Gasteiger partial charge < -0.3 is 5.32 Å². The molecule has 1 heterocycles. The molecular weight excluding hydrogens is 285 g/mol. The van der Waals surface area contributed by atoms with Crippen molar-refractivity contribution >= 4 is 5.91 Å². The van der Waals surface area contributed by atoms with Crippen LogP contribution in [0.15, 0.2) is 47.4 Å². The van der Waals surface area contributed by atoms with Gasteiger partial charge in [0.1, 0.15) is 12.4 Å². The topological polar surface area (TPSA) is 64.0 Å². The van der Waals surface area contributed by atoms with Crippen LogP contribution in [0.4, 0.5) is 4.39 Å². The van der Waals surface area contributed by atoms with Gasteiger partial charge in [-0.15, -0.1) is 0 Å². The molecule has 1 aromatic heterocycles. The fraction of sp³-hybridized carbons (Fsp3) is 0.312. The van der Waals surface area contributed by atoms with Gasteiger partial charge in [-0.05, 0) is 29.7 Å². The molecular formula is C16H18FN3O2. The summed E-state index contributed by atoms with van der Waals surface area (Å²) in [5.41, 5.74) is 0.485. The van der Waals surface area contributed by atoms with Crippen molar-refractivity contribution in [2.75, 3.05) is 0 Å². The van der Waals surface area contributed by atoms with E-state index in [2.05, 4.69) is 10.4 Å². The van der Waals surface area contributed by atoms with Crippen LogP contribution in [0.2, 0.25) is 0 Å². The maximum Gasteiger partial charge on any atom is 0.267 e. The van der Waals surface area contributed by atoms with Gasteiger partial charge in [-0.3, -0.25) is 9.59 Å². The molecule has 1 amide bonds. The Morgan fingerprint density at radius 1 is 1.27 bits per heavy atom. The number of hydrogen-bond acceptors (Lipinski definition) is 3. The summed E-state index contributed by atoms with van der Waals surface area (Å²) >= 11 is 0. The van der Waals surface area contributed by atoms with E-state index in [0.717, 1.165) is 10.2 Å². The predicted molar refractivity (Wildman–Crippen MR) is 80.6 cm³/mol. The molecule has 0 spiro atoms. The molecule has 2 aromatic rings. The summed E-state index contributed by atoms with van der Waals surface area (Å²) in [6.07, 6.45) is 1.45. The van der Waals surface area contributed by atoms with E-state index < -0.39 is 0 Å². The molecule has 0 aliphatic heterocycles. The maximum absolute atomic E-state index is 13.0. The first-order valence-electron chi connectivity index (χ1n) is 7.04. The Bertz CT molecular complexity index is 695. The number of rotatable bonds is 5. The summed E-state index contributed by atoms with van der Waals surface area (Å²) in [6, 6.07) is 8.63. The summed E-state index contributed by atoms with van der Waals surface area (Å²) < 4.78 is 14.1. The molecule has 22 heavy (non-hydrogen) atoms. The van der Waals surface area contributed by atoms with Crippen LogP contribution in [0, 0.1) is 11.7 Å². The van der Waals surface area contributed by atoms with Crippen LogP contribution < -0.4 is 10.9 Å². The van der Waals surface area contributed by atoms with Crippen LogP contribution in [0.5, 0.6) is 0 Å². The minimum Gasteiger partial charge on any atom is -0.347 e. The fourth-order valence-electron chi connectivity index (χ4n) is 2.17. The number of amides is 1. The number of nitrogens with one attached hydrogen (secondary N) is 1. The summed E-state index contributed by atoms with van der Waals surface area (Å²) in [6.45, 7) is 3.77. The summed E-state index contributed by atoms with van der Waals surface area (Å²) in [5.74, 6) is -0.517. The van der Waals surface area contributed by atoms with Crippen LogP contribution in [0.3, 0.4) is 0 Å². The predicted octanol–water partition coefficient (Wildman–Crippen LogP) is 1.90. The van der Waals surface area contributed by atoms with E-state index >= 15 is 0 Å². The Morgan fingerprint density at radius 3 is 2.55 bits per heavy atom. The summed E-state index contributed by atoms with van der Waals surface area (Å²) in [4.78, 5) is 23.7. The van der Waals surface area contributed by atoms with Gasteiger partial charge >= 0.3 is 0 Å². The van der Waals surface area contributed by atoms with Crippen molar-refractivity contribution in [3.63, 3.8) is 0 Å². The number of benzene rings is 1. The largest absolute Gasteiger partial charge is 0.347 e. The van der Waals surface area contributed by atoms with Crippen molar-refractivity contribution < 1.29 is 9.18 Å². The SMILES string of the molecule is CC(C)[C@H](NC(=O)Cn1ncccc1=O)c1ccc(F)cc1. The number of nitrogens with zero attached hydrogens (tertiary/aromatic N) is 2. The van der Waals surface area contributed by atoms with Gasteiger partial charge in [0.05, 0.1) is 6.04 Å². The third kappa shape index (κ3) is 4.00. The molecule has 5 nitrogen and oxygen atoms in total. The standard InChI is InChI=1S/C16H18FN3O2/c1-11(2)16(12-5-7-13(17)8-6-12)19-14(21)10-20-15(22)4-3-9-18-20/h3-9,11,16H,10H2,1-2H3,(H,19,21)/t16-/m0/s1. The molecule has 0 radical (unpaired) electrons. The highest BCUT2D eigenvalue weighted by Gasteiger charge is 2.18. The Balaban J connectivity index is 2.11. The molecule has 1 atom stereocenters. The summed E-state index contributed by atoms with van der Waals surface area (Å²) in [5, 5.41) is 6.72. The van der Waals surface area contributed by atoms with Gasteiger partial charge in [0.25, 0.3) is 5.56 Å². The number of halogens is 1. The Hall–Kier alpha value is -2.50. The lowest BCUT2D eigenvalue weighted by Gasteiger charge is -2.23. The molecule has 2 rings (SSSR count). The highest BCUT2D eigenvalue weighted by Crippen LogP contribution is 2.21. The third-order valence-electron chi connectivity index (χ3n) is 3.29. The third-order valence-corrected chi connectivity index (χ3v) is 3.29. The van der Waals surface area contributed by atoms with Gasteiger partial charge in [-0.2, -0.15) is 5.10 Å². The molecule has 0 fully saturated rings. The number of hydrogen-bond donors (Lipinski definition) is 1. The molecule has 1 N–H and O–H groups in total. The first kappa shape index (κ1) is 15.9. The Labute approximate surface area is 127 Å². The van der Waals surface area contributed by atoms with Crippen LogP contribution >= 0.6 is 0 Å². The highest BCUT2D eigenvalue weighted by atomic mass is 19.1. The quantitative estimate of drug-likeness (QED) is 0.917. The van der Waals surface area contributed by atoms with Crippen molar-refractivity contribution in [2.45, 2.75) is 26.4 Å². The first-order valence-corrected chi connectivity index (χ1v) is 7.04. The molecule has 0 bridgehead atoms. The maximum atomic E-state index is 13.0. The smallest absolute Gasteiger partial charge is 0.267 e. The van der Waals surface area contributed by atoms with E-state index in [9.17, 15) is 14.0 Å². The van der Waals surface area contributed by atoms with E-state index in [-0.39, 0.29) is 35.8 Å². The zero-order chi connectivity index (χ0) is 16.1. The summed E-state index contributed by atoms with van der Waals surface area (Å²) in [7, 11) is 0. The number of carbonyl (C=O) groups excluding carboxylic acids is 1. The number of aromatic nitrogens is 2. The highest BCUT2D eigenvalue weighted by molar-refractivity contribution is 5.76. The van der Waals surface area contributed by atoms with Crippen LogP contribution in [0.25, 0.3) is 0 Å². The van der Waals surface area contributed by atoms with Gasteiger partial charge in [-0.1, -0.05) is 26.0 Å². The molecule has 116 valence electrons. The molecule has 0 aliphatic carbocycles. The Kier molecular flexibility index (Phi) is 5.04. The monoisotopic (exact) mass is 303 g/mol. The molecule has 1 aromatic carbocycles. The van der Waals surface area contributed by atoms with Crippen LogP contribution in [-0.2, 0) is 11.3 Å². The zero-order valence-corrected chi connectivity index (χ0v) is 12.5. The second-order valence-electron chi connectivity index (χ2n) is 5.36. The van der Waals surface area contributed by atoms with E-state index in [0.29, 0.717) is 0 Å². The average Bonchev–Trinajstić information content (AvgIpc) is 2.48. The second kappa shape index (κ2) is 6.98. The van der Waals surface area contributed by atoms with E-state index in [4.69, 9.17) is 0 Å². The van der Waals surface area contributed by atoms with Crippen molar-refractivity contribution in [3.8, 4) is 0 Å². The molecule has 0 saturated carbocycles. The van der Waals surface area contributed by atoms with Crippen LogP contribution in [-0.4, -0.2) is 15.7 Å². The average molecular weight is 303 g/mol. The van der Waals surface area contributed by atoms with E-state index in [1.54, 1.807) is 12.1 Å². The Morgan fingerprint density at radius 2 is 1.95 bits per heavy atom. The van der Waals surface area contributed by atoms with Crippen molar-refractivity contribution in [1.29, 1.82) is 0 Å².